The zero-order chi connectivity index (χ0) is 9.83. The summed E-state index contributed by atoms with van der Waals surface area (Å²) in [6.07, 6.45) is 0.951. The molecule has 0 aliphatic carbocycles. The summed E-state index contributed by atoms with van der Waals surface area (Å²) in [5.74, 6) is 0.0876. The van der Waals surface area contributed by atoms with Crippen molar-refractivity contribution < 1.29 is 13.5 Å². The highest BCUT2D eigenvalue weighted by Gasteiger charge is 2.31. The van der Waals surface area contributed by atoms with Gasteiger partial charge in [0.2, 0.25) is 0 Å². The highest BCUT2D eigenvalue weighted by molar-refractivity contribution is 7.92. The fourth-order valence-electron chi connectivity index (χ4n) is 0.751. The van der Waals surface area contributed by atoms with E-state index < -0.39 is 14.6 Å². The average molecular weight is 194 g/mol. The minimum absolute atomic E-state index is 0.0565. The van der Waals surface area contributed by atoms with Gasteiger partial charge in [-0.25, -0.2) is 8.42 Å². The van der Waals surface area contributed by atoms with Gasteiger partial charge < -0.3 is 5.11 Å². The van der Waals surface area contributed by atoms with Crippen LogP contribution in [0.5, 0.6) is 0 Å². The molecule has 3 nitrogen and oxygen atoms in total. The Morgan fingerprint density at radius 2 is 1.83 bits per heavy atom. The molecule has 0 unspecified atom stereocenters. The number of aliphatic hydroxyl groups is 1. The summed E-state index contributed by atoms with van der Waals surface area (Å²) >= 11 is 0. The molecule has 4 heteroatoms. The third kappa shape index (κ3) is 2.75. The molecule has 0 aliphatic heterocycles. The first-order chi connectivity index (χ1) is 5.37. The number of aliphatic hydroxyl groups excluding tert-OH is 1. The van der Waals surface area contributed by atoms with Crippen LogP contribution in [0, 0.1) is 0 Å². The summed E-state index contributed by atoms with van der Waals surface area (Å²) in [6.45, 7) is 5.24. The van der Waals surface area contributed by atoms with Crippen LogP contribution in [0.3, 0.4) is 0 Å². The monoisotopic (exact) mass is 194 g/mol. The molecule has 0 radical (unpaired) electrons. The second-order valence-corrected chi connectivity index (χ2v) is 6.25. The van der Waals surface area contributed by atoms with Crippen molar-refractivity contribution in [2.75, 3.05) is 12.4 Å². The minimum Gasteiger partial charge on any atom is -0.396 e. The van der Waals surface area contributed by atoms with Crippen LogP contribution in [0.4, 0.5) is 0 Å². The van der Waals surface area contributed by atoms with Crippen LogP contribution < -0.4 is 0 Å². The van der Waals surface area contributed by atoms with Gasteiger partial charge in [-0.15, -0.1) is 0 Å². The molecule has 0 saturated carbocycles. The summed E-state index contributed by atoms with van der Waals surface area (Å²) in [6, 6.07) is 0. The Hall–Kier alpha value is -0.0900. The van der Waals surface area contributed by atoms with E-state index in [9.17, 15) is 8.42 Å². The van der Waals surface area contributed by atoms with Crippen LogP contribution >= 0.6 is 0 Å². The summed E-state index contributed by atoms with van der Waals surface area (Å²) in [5, 5.41) is 8.50. The first-order valence-electron chi connectivity index (χ1n) is 4.20. The third-order valence-electron chi connectivity index (χ3n) is 2.26. The molecule has 0 spiro atoms. The molecule has 0 fully saturated rings. The summed E-state index contributed by atoms with van der Waals surface area (Å²) in [4.78, 5) is 0. The molecule has 0 aliphatic rings. The fourth-order valence-corrected chi connectivity index (χ4v) is 2.25. The second kappa shape index (κ2) is 4.23. The Morgan fingerprint density at radius 1 is 1.33 bits per heavy atom. The Labute approximate surface area is 74.7 Å². The van der Waals surface area contributed by atoms with E-state index in [-0.39, 0.29) is 12.4 Å². The normalized spacial score (nSPS) is 13.3. The van der Waals surface area contributed by atoms with E-state index in [0.29, 0.717) is 12.8 Å². The number of hydrogen-bond acceptors (Lipinski definition) is 3. The molecule has 0 rings (SSSR count). The molecule has 0 aromatic heterocycles. The quantitative estimate of drug-likeness (QED) is 0.709. The van der Waals surface area contributed by atoms with Crippen LogP contribution in [0.25, 0.3) is 0 Å². The van der Waals surface area contributed by atoms with E-state index in [1.165, 1.54) is 0 Å². The van der Waals surface area contributed by atoms with Crippen molar-refractivity contribution in [3.8, 4) is 0 Å². The standard InChI is InChI=1S/C8H18O3S/c1-4-8(2,3)12(10,11)7-5-6-9/h9H,4-7H2,1-3H3. The highest BCUT2D eigenvalue weighted by atomic mass is 32.2. The maximum absolute atomic E-state index is 11.5. The van der Waals surface area contributed by atoms with Gasteiger partial charge in [0.05, 0.1) is 10.5 Å². The molecule has 0 aromatic rings. The van der Waals surface area contributed by atoms with Crippen LogP contribution in [-0.2, 0) is 9.84 Å². The van der Waals surface area contributed by atoms with Crippen LogP contribution in [0.2, 0.25) is 0 Å². The largest absolute Gasteiger partial charge is 0.396 e. The Bertz CT molecular complexity index is 216. The molecule has 12 heavy (non-hydrogen) atoms. The molecule has 0 heterocycles. The predicted octanol–water partition coefficient (Wildman–Crippen LogP) is 0.972. The van der Waals surface area contributed by atoms with Gasteiger partial charge in [0, 0.05) is 6.61 Å². The number of rotatable bonds is 5. The van der Waals surface area contributed by atoms with Crippen molar-refractivity contribution in [3.63, 3.8) is 0 Å². The van der Waals surface area contributed by atoms with Crippen LogP contribution in [-0.4, -0.2) is 30.6 Å². The maximum atomic E-state index is 11.5. The molecule has 1 N–H and O–H groups in total. The van der Waals surface area contributed by atoms with Crippen LogP contribution in [0.1, 0.15) is 33.6 Å². The molecular formula is C8H18O3S. The van der Waals surface area contributed by atoms with Gasteiger partial charge in [0.15, 0.2) is 9.84 Å². The van der Waals surface area contributed by atoms with Gasteiger partial charge in [-0.05, 0) is 26.7 Å². The minimum atomic E-state index is -3.03. The number of hydrogen-bond donors (Lipinski definition) is 1. The lowest BCUT2D eigenvalue weighted by atomic mass is 10.1. The fraction of sp³-hybridized carbons (Fsp3) is 1.00. The van der Waals surface area contributed by atoms with Gasteiger partial charge in [0.1, 0.15) is 0 Å². The lowest BCUT2D eigenvalue weighted by Gasteiger charge is -2.22. The van der Waals surface area contributed by atoms with E-state index in [1.807, 2.05) is 6.92 Å². The maximum Gasteiger partial charge on any atom is 0.155 e. The molecule has 0 atom stereocenters. The SMILES string of the molecule is CCC(C)(C)S(=O)(=O)CCCO. The summed E-state index contributed by atoms with van der Waals surface area (Å²) < 4.78 is 22.4. The topological polar surface area (TPSA) is 54.4 Å². The average Bonchev–Trinajstić information content (AvgIpc) is 2.00. The van der Waals surface area contributed by atoms with Crippen molar-refractivity contribution in [3.05, 3.63) is 0 Å². The van der Waals surface area contributed by atoms with Crippen molar-refractivity contribution in [2.24, 2.45) is 0 Å². The van der Waals surface area contributed by atoms with E-state index in [4.69, 9.17) is 5.11 Å². The van der Waals surface area contributed by atoms with Crippen molar-refractivity contribution in [2.45, 2.75) is 38.4 Å². The molecule has 0 amide bonds. The van der Waals surface area contributed by atoms with Crippen molar-refractivity contribution in [1.29, 1.82) is 0 Å². The Balaban J connectivity index is 4.40. The van der Waals surface area contributed by atoms with Gasteiger partial charge in [0.25, 0.3) is 0 Å². The zero-order valence-corrected chi connectivity index (χ0v) is 8.82. The Kier molecular flexibility index (Phi) is 4.20. The third-order valence-corrected chi connectivity index (χ3v) is 5.06. The molecule has 0 bridgehead atoms. The Morgan fingerprint density at radius 3 is 2.17 bits per heavy atom. The van der Waals surface area contributed by atoms with Gasteiger partial charge in [-0.3, -0.25) is 0 Å². The second-order valence-electron chi connectivity index (χ2n) is 3.51. The zero-order valence-electron chi connectivity index (χ0n) is 8.00. The first-order valence-corrected chi connectivity index (χ1v) is 5.86. The van der Waals surface area contributed by atoms with Crippen LogP contribution in [0.15, 0.2) is 0 Å². The van der Waals surface area contributed by atoms with E-state index in [2.05, 4.69) is 0 Å². The van der Waals surface area contributed by atoms with Gasteiger partial charge >= 0.3 is 0 Å². The smallest absolute Gasteiger partial charge is 0.155 e. The van der Waals surface area contributed by atoms with E-state index in [1.54, 1.807) is 13.8 Å². The summed E-state index contributed by atoms with van der Waals surface area (Å²) in [5.41, 5.74) is 0. The highest BCUT2D eigenvalue weighted by Crippen LogP contribution is 2.21. The molecule has 74 valence electrons. The van der Waals surface area contributed by atoms with Gasteiger partial charge in [-0.2, -0.15) is 0 Å². The lowest BCUT2D eigenvalue weighted by molar-refractivity contribution is 0.295. The predicted molar refractivity (Wildman–Crippen MR) is 49.9 cm³/mol. The molecule has 0 aromatic carbocycles. The van der Waals surface area contributed by atoms with E-state index in [0.717, 1.165) is 0 Å². The lowest BCUT2D eigenvalue weighted by Crippen LogP contribution is -2.33. The van der Waals surface area contributed by atoms with Crippen molar-refractivity contribution in [1.82, 2.24) is 0 Å². The summed E-state index contributed by atoms with van der Waals surface area (Å²) in [7, 11) is -3.03. The molecular weight excluding hydrogens is 176 g/mol. The first kappa shape index (κ1) is 11.9. The van der Waals surface area contributed by atoms with E-state index >= 15 is 0 Å². The number of sulfone groups is 1. The molecule has 0 saturated heterocycles. The van der Waals surface area contributed by atoms with Gasteiger partial charge in [-0.1, -0.05) is 6.92 Å². The van der Waals surface area contributed by atoms with Crippen molar-refractivity contribution >= 4 is 9.84 Å².